The van der Waals surface area contributed by atoms with Gasteiger partial charge in [-0.3, -0.25) is 9.69 Å². The van der Waals surface area contributed by atoms with Gasteiger partial charge in [0.15, 0.2) is 0 Å². The van der Waals surface area contributed by atoms with E-state index in [0.29, 0.717) is 11.4 Å². The molecule has 0 bridgehead atoms. The summed E-state index contributed by atoms with van der Waals surface area (Å²) < 4.78 is 0. The van der Waals surface area contributed by atoms with Crippen LogP contribution < -0.4 is 0 Å². The predicted molar refractivity (Wildman–Crippen MR) is 93.7 cm³/mol. The Kier molecular flexibility index (Phi) is 4.58. The van der Waals surface area contributed by atoms with E-state index in [4.69, 9.17) is 11.6 Å². The van der Waals surface area contributed by atoms with Crippen LogP contribution in [-0.4, -0.2) is 28.8 Å². The molecule has 2 aromatic carbocycles. The van der Waals surface area contributed by atoms with Crippen molar-refractivity contribution < 1.29 is 9.59 Å². The van der Waals surface area contributed by atoms with Crippen molar-refractivity contribution in [1.82, 2.24) is 9.80 Å². The highest BCUT2D eigenvalue weighted by Crippen LogP contribution is 2.30. The molecule has 3 amide bonds. The number of urea groups is 1. The van der Waals surface area contributed by atoms with Gasteiger partial charge in [-0.25, -0.2) is 4.79 Å². The minimum Gasteiger partial charge on any atom is -0.320 e. The van der Waals surface area contributed by atoms with Gasteiger partial charge in [-0.1, -0.05) is 53.6 Å². The van der Waals surface area contributed by atoms with Gasteiger partial charge in [0.25, 0.3) is 0 Å². The van der Waals surface area contributed by atoms with Crippen LogP contribution in [0.15, 0.2) is 48.5 Å². The van der Waals surface area contributed by atoms with E-state index < -0.39 is 0 Å². The maximum absolute atomic E-state index is 12.7. The molecule has 1 heterocycles. The zero-order chi connectivity index (χ0) is 17.3. The molecule has 0 radical (unpaired) electrons. The molecule has 1 aliphatic rings. The van der Waals surface area contributed by atoms with E-state index in [1.54, 1.807) is 24.1 Å². The number of aryl methyl sites for hydroxylation is 1. The van der Waals surface area contributed by atoms with Gasteiger partial charge in [0.2, 0.25) is 5.91 Å². The first-order chi connectivity index (χ1) is 11.5. The molecule has 1 aliphatic heterocycles. The highest BCUT2D eigenvalue weighted by atomic mass is 35.5. The van der Waals surface area contributed by atoms with Gasteiger partial charge in [-0.15, -0.1) is 0 Å². The molecule has 1 unspecified atom stereocenters. The minimum absolute atomic E-state index is 0.154. The summed E-state index contributed by atoms with van der Waals surface area (Å²) in [4.78, 5) is 28.1. The van der Waals surface area contributed by atoms with Crippen LogP contribution in [-0.2, 0) is 11.3 Å². The molecule has 0 spiro atoms. The van der Waals surface area contributed by atoms with Crippen LogP contribution >= 0.6 is 11.6 Å². The Balaban J connectivity index is 1.79. The van der Waals surface area contributed by atoms with E-state index in [2.05, 4.69) is 0 Å². The van der Waals surface area contributed by atoms with Crippen molar-refractivity contribution in [3.8, 4) is 0 Å². The Morgan fingerprint density at radius 1 is 1.04 bits per heavy atom. The van der Waals surface area contributed by atoms with Gasteiger partial charge in [0, 0.05) is 12.1 Å². The van der Waals surface area contributed by atoms with Crippen molar-refractivity contribution in [3.05, 3.63) is 70.2 Å². The van der Waals surface area contributed by atoms with Gasteiger partial charge in [0.1, 0.15) is 0 Å². The number of hydrogen-bond acceptors (Lipinski definition) is 2. The van der Waals surface area contributed by atoms with E-state index in [1.165, 1.54) is 4.90 Å². The molecule has 1 atom stereocenters. The summed E-state index contributed by atoms with van der Waals surface area (Å²) in [5, 5.41) is 0.631. The second-order valence-electron chi connectivity index (χ2n) is 6.13. The number of imide groups is 1. The van der Waals surface area contributed by atoms with Crippen molar-refractivity contribution in [2.24, 2.45) is 0 Å². The van der Waals surface area contributed by atoms with E-state index in [1.807, 2.05) is 43.3 Å². The van der Waals surface area contributed by atoms with Gasteiger partial charge in [0.05, 0.1) is 19.0 Å². The van der Waals surface area contributed by atoms with Gasteiger partial charge in [-0.05, 0) is 30.2 Å². The van der Waals surface area contributed by atoms with Crippen molar-refractivity contribution in [1.29, 1.82) is 0 Å². The Labute approximate surface area is 146 Å². The lowest BCUT2D eigenvalue weighted by Crippen LogP contribution is -2.51. The maximum atomic E-state index is 12.7. The average Bonchev–Trinajstić information content (AvgIpc) is 2.57. The normalized spacial score (nSPS) is 18.2. The second kappa shape index (κ2) is 6.65. The van der Waals surface area contributed by atoms with Crippen LogP contribution in [0.2, 0.25) is 5.02 Å². The molecule has 1 saturated heterocycles. The molecule has 5 heteroatoms. The zero-order valence-electron chi connectivity index (χ0n) is 13.7. The lowest BCUT2D eigenvalue weighted by Gasteiger charge is -2.38. The number of rotatable bonds is 3. The smallest absolute Gasteiger partial charge is 0.320 e. The molecular formula is C19H19ClN2O2. The van der Waals surface area contributed by atoms with Crippen molar-refractivity contribution >= 4 is 23.5 Å². The van der Waals surface area contributed by atoms with Crippen LogP contribution in [0, 0.1) is 6.92 Å². The SMILES string of the molecule is Cc1ccc(C2CC(=O)N(Cc3ccc(Cl)cc3)C(=O)N2C)cc1. The largest absolute Gasteiger partial charge is 0.327 e. The molecule has 124 valence electrons. The maximum Gasteiger partial charge on any atom is 0.327 e. The summed E-state index contributed by atoms with van der Waals surface area (Å²) in [5.41, 5.74) is 3.01. The number of halogens is 1. The van der Waals surface area contributed by atoms with Crippen molar-refractivity contribution in [2.45, 2.75) is 25.9 Å². The third-order valence-electron chi connectivity index (χ3n) is 4.39. The molecule has 0 N–H and O–H groups in total. The monoisotopic (exact) mass is 342 g/mol. The molecule has 0 aliphatic carbocycles. The summed E-state index contributed by atoms with van der Waals surface area (Å²) in [6.07, 6.45) is 0.291. The number of benzene rings is 2. The fourth-order valence-corrected chi connectivity index (χ4v) is 3.03. The summed E-state index contributed by atoms with van der Waals surface area (Å²) in [6, 6.07) is 14.6. The summed E-state index contributed by atoms with van der Waals surface area (Å²) in [5.74, 6) is -0.154. The Morgan fingerprint density at radius 2 is 1.67 bits per heavy atom. The molecule has 0 aromatic heterocycles. The Hall–Kier alpha value is -2.33. The van der Waals surface area contributed by atoms with Crippen LogP contribution in [0.3, 0.4) is 0 Å². The predicted octanol–water partition coefficient (Wildman–Crippen LogP) is 4.17. The van der Waals surface area contributed by atoms with Crippen molar-refractivity contribution in [3.63, 3.8) is 0 Å². The lowest BCUT2D eigenvalue weighted by atomic mass is 9.98. The molecule has 0 saturated carbocycles. The fraction of sp³-hybridized carbons (Fsp3) is 0.263. The fourth-order valence-electron chi connectivity index (χ4n) is 2.90. The first-order valence-corrected chi connectivity index (χ1v) is 8.21. The number of carbonyl (C=O) groups excluding carboxylic acids is 2. The Morgan fingerprint density at radius 3 is 2.29 bits per heavy atom. The zero-order valence-corrected chi connectivity index (χ0v) is 14.5. The van der Waals surface area contributed by atoms with Crippen LogP contribution in [0.5, 0.6) is 0 Å². The molecule has 3 rings (SSSR count). The van der Waals surface area contributed by atoms with Crippen molar-refractivity contribution in [2.75, 3.05) is 7.05 Å². The molecule has 4 nitrogen and oxygen atoms in total. The standard InChI is InChI=1S/C19H19ClN2O2/c1-13-3-7-15(8-4-13)17-11-18(23)22(19(24)21(17)2)12-14-5-9-16(20)10-6-14/h3-10,17H,11-12H2,1-2H3. The second-order valence-corrected chi connectivity index (χ2v) is 6.57. The average molecular weight is 343 g/mol. The number of amides is 3. The highest BCUT2D eigenvalue weighted by molar-refractivity contribution is 6.30. The quantitative estimate of drug-likeness (QED) is 0.839. The first kappa shape index (κ1) is 16.5. The third kappa shape index (κ3) is 3.29. The number of hydrogen-bond donors (Lipinski definition) is 0. The summed E-state index contributed by atoms with van der Waals surface area (Å²) in [7, 11) is 1.74. The first-order valence-electron chi connectivity index (χ1n) is 7.84. The van der Waals surface area contributed by atoms with Gasteiger partial charge < -0.3 is 4.90 Å². The number of carbonyl (C=O) groups is 2. The van der Waals surface area contributed by atoms with Crippen LogP contribution in [0.4, 0.5) is 4.79 Å². The van der Waals surface area contributed by atoms with Crippen LogP contribution in [0.25, 0.3) is 0 Å². The Bertz CT molecular complexity index is 756. The van der Waals surface area contributed by atoms with Gasteiger partial charge in [-0.2, -0.15) is 0 Å². The lowest BCUT2D eigenvalue weighted by molar-refractivity contribution is -0.133. The van der Waals surface area contributed by atoms with E-state index in [-0.39, 0.29) is 24.5 Å². The van der Waals surface area contributed by atoms with E-state index in [9.17, 15) is 9.59 Å². The summed E-state index contributed by atoms with van der Waals surface area (Å²) in [6.45, 7) is 2.28. The van der Waals surface area contributed by atoms with Gasteiger partial charge >= 0.3 is 6.03 Å². The van der Waals surface area contributed by atoms with E-state index >= 15 is 0 Å². The molecular weight excluding hydrogens is 324 g/mol. The summed E-state index contributed by atoms with van der Waals surface area (Å²) >= 11 is 5.88. The molecule has 1 fully saturated rings. The number of nitrogens with zero attached hydrogens (tertiary/aromatic N) is 2. The molecule has 24 heavy (non-hydrogen) atoms. The third-order valence-corrected chi connectivity index (χ3v) is 4.64. The van der Waals surface area contributed by atoms with Crippen LogP contribution in [0.1, 0.15) is 29.2 Å². The highest BCUT2D eigenvalue weighted by Gasteiger charge is 2.37. The van der Waals surface area contributed by atoms with E-state index in [0.717, 1.165) is 16.7 Å². The molecule has 2 aromatic rings. The topological polar surface area (TPSA) is 40.6 Å². The minimum atomic E-state index is -0.272.